The summed E-state index contributed by atoms with van der Waals surface area (Å²) in [7, 11) is 0. The lowest BCUT2D eigenvalue weighted by Gasteiger charge is -2.09. The van der Waals surface area contributed by atoms with Crippen LogP contribution >= 0.6 is 0 Å². The normalized spacial score (nSPS) is 11.4. The second kappa shape index (κ2) is 7.76. The van der Waals surface area contributed by atoms with Gasteiger partial charge in [0.15, 0.2) is 0 Å². The van der Waals surface area contributed by atoms with Crippen LogP contribution in [0.5, 0.6) is 0 Å². The van der Waals surface area contributed by atoms with Gasteiger partial charge < -0.3 is 0 Å². The zero-order chi connectivity index (χ0) is 18.6. The molecule has 0 saturated carbocycles. The number of aryl methyl sites for hydroxylation is 1. The van der Waals surface area contributed by atoms with E-state index < -0.39 is 0 Å². The summed E-state index contributed by atoms with van der Waals surface area (Å²) in [5.41, 5.74) is 9.37. The molecule has 0 amide bonds. The highest BCUT2D eigenvalue weighted by atomic mass is 15.0. The number of hydrogen-bond donors (Lipinski definition) is 0. The molecular weight excluding hydrogens is 302 g/mol. The van der Waals surface area contributed by atoms with E-state index in [9.17, 15) is 0 Å². The molecule has 126 valence electrons. The highest BCUT2D eigenvalue weighted by molar-refractivity contribution is 6.03. The number of hydrogen-bond acceptors (Lipinski definition) is 0. The van der Waals surface area contributed by atoms with Crippen LogP contribution in [0.25, 0.3) is 29.4 Å². The Bertz CT molecular complexity index is 895. The molecule has 1 aliphatic heterocycles. The van der Waals surface area contributed by atoms with Crippen LogP contribution in [0.3, 0.4) is 0 Å². The highest BCUT2D eigenvalue weighted by Gasteiger charge is 2.34. The van der Waals surface area contributed by atoms with Gasteiger partial charge in [0.05, 0.1) is 11.1 Å². The van der Waals surface area contributed by atoms with Crippen molar-refractivity contribution in [2.45, 2.75) is 20.8 Å². The van der Waals surface area contributed by atoms with Gasteiger partial charge in [0.25, 0.3) is 0 Å². The van der Waals surface area contributed by atoms with Crippen LogP contribution in [0.2, 0.25) is 0 Å². The average molecular weight is 328 g/mol. The molecule has 1 nitrogen and oxygen atoms in total. The van der Waals surface area contributed by atoms with Gasteiger partial charge in [0.2, 0.25) is 11.4 Å². The van der Waals surface area contributed by atoms with Crippen molar-refractivity contribution in [2.24, 2.45) is 0 Å². The second-order valence-electron chi connectivity index (χ2n) is 5.90. The Morgan fingerprint density at radius 2 is 1.36 bits per heavy atom. The molecule has 0 bridgehead atoms. The van der Waals surface area contributed by atoms with Gasteiger partial charge in [-0.05, 0) is 49.1 Å². The van der Waals surface area contributed by atoms with Gasteiger partial charge >= 0.3 is 0 Å². The zero-order valence-corrected chi connectivity index (χ0v) is 15.5. The van der Waals surface area contributed by atoms with E-state index in [-0.39, 0.29) is 0 Å². The number of rotatable bonds is 3. The summed E-state index contributed by atoms with van der Waals surface area (Å²) in [5, 5.41) is 0. The fourth-order valence-corrected chi connectivity index (χ4v) is 3.25. The topological polar surface area (TPSA) is 3.01 Å². The standard InChI is InChI=1S/C21H20N.C3H6/c1-6-9-15-11-13-19-21(17(15)8-3)20-16(7-2)14(4)10-12-18(20)22(19)5;1-3-2/h6-13H,2-3,5H2,1,4H3;3H,1H2,2H3/q+1;/b9-6-;. The van der Waals surface area contributed by atoms with E-state index in [0.717, 1.165) is 16.9 Å². The molecule has 1 heterocycles. The van der Waals surface area contributed by atoms with E-state index in [1.165, 1.54) is 27.8 Å². The zero-order valence-electron chi connectivity index (χ0n) is 15.5. The van der Waals surface area contributed by atoms with Crippen LogP contribution in [-0.2, 0) is 0 Å². The summed E-state index contributed by atoms with van der Waals surface area (Å²) < 4.78 is 2.00. The van der Waals surface area contributed by atoms with E-state index in [2.05, 4.69) is 69.8 Å². The van der Waals surface area contributed by atoms with Crippen molar-refractivity contribution in [1.29, 1.82) is 0 Å². The van der Waals surface area contributed by atoms with Gasteiger partial charge in [-0.3, -0.25) is 0 Å². The minimum absolute atomic E-state index is 1.12. The van der Waals surface area contributed by atoms with Crippen molar-refractivity contribution < 1.29 is 0 Å². The third kappa shape index (κ3) is 3.06. The molecule has 0 radical (unpaired) electrons. The van der Waals surface area contributed by atoms with Crippen LogP contribution in [0.4, 0.5) is 11.4 Å². The van der Waals surface area contributed by atoms with Crippen molar-refractivity contribution in [3.8, 4) is 11.1 Å². The van der Waals surface area contributed by atoms with Gasteiger partial charge in [-0.2, -0.15) is 4.58 Å². The first kappa shape index (κ1) is 18.4. The summed E-state index contributed by atoms with van der Waals surface area (Å²) >= 11 is 0. The van der Waals surface area contributed by atoms with E-state index >= 15 is 0 Å². The van der Waals surface area contributed by atoms with Crippen LogP contribution in [0, 0.1) is 6.92 Å². The predicted octanol–water partition coefficient (Wildman–Crippen LogP) is 7.02. The Kier molecular flexibility index (Phi) is 5.71. The Hall–Kier alpha value is -2.93. The lowest BCUT2D eigenvalue weighted by Crippen LogP contribution is -1.95. The molecule has 0 unspecified atom stereocenters. The largest absolute Gasteiger partial charge is 0.219 e. The minimum Gasteiger partial charge on any atom is -0.166 e. The van der Waals surface area contributed by atoms with Crippen molar-refractivity contribution in [1.82, 2.24) is 4.58 Å². The Balaban J connectivity index is 0.000000701. The van der Waals surface area contributed by atoms with E-state index in [0.29, 0.717) is 0 Å². The molecule has 0 atom stereocenters. The Morgan fingerprint density at radius 1 is 0.840 bits per heavy atom. The molecule has 0 saturated heterocycles. The molecule has 0 N–H and O–H groups in total. The number of benzene rings is 2. The average Bonchev–Trinajstić information content (AvgIpc) is 2.89. The highest BCUT2D eigenvalue weighted by Crippen LogP contribution is 2.50. The molecular formula is C24H26N+. The predicted molar refractivity (Wildman–Crippen MR) is 116 cm³/mol. The molecule has 0 aromatic heterocycles. The molecule has 1 heteroatoms. The second-order valence-corrected chi connectivity index (χ2v) is 5.90. The first-order valence-electron chi connectivity index (χ1n) is 8.41. The first-order valence-corrected chi connectivity index (χ1v) is 8.41. The molecule has 3 rings (SSSR count). The Morgan fingerprint density at radius 3 is 1.88 bits per heavy atom. The van der Waals surface area contributed by atoms with Crippen LogP contribution in [-0.4, -0.2) is 6.72 Å². The van der Waals surface area contributed by atoms with Gasteiger partial charge in [-0.15, -0.1) is 6.58 Å². The lowest BCUT2D eigenvalue weighted by molar-refractivity contribution is 1.15. The molecule has 0 spiro atoms. The summed E-state index contributed by atoms with van der Waals surface area (Å²) in [6.07, 6.45) is 9.79. The monoisotopic (exact) mass is 328 g/mol. The fourth-order valence-electron chi connectivity index (χ4n) is 3.25. The molecule has 1 aliphatic rings. The fraction of sp³-hybridized carbons (Fsp3) is 0.125. The van der Waals surface area contributed by atoms with Gasteiger partial charge in [-0.25, -0.2) is 0 Å². The Labute approximate surface area is 151 Å². The smallest absolute Gasteiger partial charge is 0.166 e. The molecule has 2 aromatic carbocycles. The quantitative estimate of drug-likeness (QED) is 0.359. The lowest BCUT2D eigenvalue weighted by atomic mass is 9.90. The maximum absolute atomic E-state index is 4.22. The third-order valence-corrected chi connectivity index (χ3v) is 4.28. The maximum atomic E-state index is 4.22. The SMILES string of the molecule is C=CC.C=Cc1c(C)ccc2c1-c1c(ccc(/C=C\C)c1C=C)[N+]2=C. The summed E-state index contributed by atoms with van der Waals surface area (Å²) in [5.74, 6) is 0. The van der Waals surface area contributed by atoms with Crippen LogP contribution in [0.1, 0.15) is 36.1 Å². The summed E-state index contributed by atoms with van der Waals surface area (Å²) in [6, 6.07) is 8.51. The summed E-state index contributed by atoms with van der Waals surface area (Å²) in [6.45, 7) is 21.7. The van der Waals surface area contributed by atoms with Crippen molar-refractivity contribution in [3.05, 3.63) is 78.4 Å². The van der Waals surface area contributed by atoms with Gasteiger partial charge in [0, 0.05) is 12.1 Å². The number of allylic oxidation sites excluding steroid dienone is 2. The molecule has 25 heavy (non-hydrogen) atoms. The van der Waals surface area contributed by atoms with Gasteiger partial charge in [-0.1, -0.05) is 49.6 Å². The minimum atomic E-state index is 1.12. The molecule has 0 aliphatic carbocycles. The van der Waals surface area contributed by atoms with E-state index in [1.807, 2.05) is 30.6 Å². The maximum Gasteiger partial charge on any atom is 0.219 e. The van der Waals surface area contributed by atoms with E-state index in [1.54, 1.807) is 6.08 Å². The van der Waals surface area contributed by atoms with Crippen molar-refractivity contribution in [2.75, 3.05) is 0 Å². The van der Waals surface area contributed by atoms with Gasteiger partial charge in [0.1, 0.15) is 6.72 Å². The van der Waals surface area contributed by atoms with Crippen molar-refractivity contribution >= 4 is 36.3 Å². The third-order valence-electron chi connectivity index (χ3n) is 4.28. The van der Waals surface area contributed by atoms with Crippen LogP contribution in [0.15, 0.2) is 56.2 Å². The first-order chi connectivity index (χ1) is 12.0. The molecule has 2 aromatic rings. The summed E-state index contributed by atoms with van der Waals surface area (Å²) in [4.78, 5) is 0. The van der Waals surface area contributed by atoms with Crippen LogP contribution < -0.4 is 4.58 Å². The van der Waals surface area contributed by atoms with Crippen molar-refractivity contribution in [3.63, 3.8) is 0 Å². The molecule has 0 fully saturated rings. The van der Waals surface area contributed by atoms with E-state index in [4.69, 9.17) is 0 Å². The number of nitrogens with zero attached hydrogens (tertiary/aromatic N) is 1. The number of fused-ring (bicyclic) bond motifs is 3.